The molecule has 26 heavy (non-hydrogen) atoms. The van der Waals surface area contributed by atoms with E-state index in [0.29, 0.717) is 49.4 Å². The molecule has 0 saturated carbocycles. The molecule has 2 aromatic rings. The van der Waals surface area contributed by atoms with E-state index >= 15 is 0 Å². The monoisotopic (exact) mass is 377 g/mol. The van der Waals surface area contributed by atoms with Gasteiger partial charge in [0.25, 0.3) is 0 Å². The first-order chi connectivity index (χ1) is 12.5. The molecule has 4 rings (SSSR count). The topological polar surface area (TPSA) is 83.1 Å². The third-order valence-electron chi connectivity index (χ3n) is 4.22. The van der Waals surface area contributed by atoms with Crippen molar-refractivity contribution in [2.45, 2.75) is 17.9 Å². The number of benzene rings is 2. The SMILES string of the molecule is C[C@@H](NS(=O)(=O)c1ccc2c(c1)OCCO2)c1ccc2c(c1)OCCO2. The number of nitrogens with one attached hydrogen (secondary N) is 1. The van der Waals surface area contributed by atoms with Crippen LogP contribution in [0.3, 0.4) is 0 Å². The normalized spacial score (nSPS) is 16.8. The smallest absolute Gasteiger partial charge is 0.241 e. The van der Waals surface area contributed by atoms with E-state index in [0.717, 1.165) is 5.56 Å². The fourth-order valence-electron chi connectivity index (χ4n) is 2.89. The first kappa shape index (κ1) is 17.0. The van der Waals surface area contributed by atoms with Gasteiger partial charge in [0.05, 0.1) is 4.90 Å². The van der Waals surface area contributed by atoms with Crippen LogP contribution >= 0.6 is 0 Å². The van der Waals surface area contributed by atoms with Crippen molar-refractivity contribution >= 4 is 10.0 Å². The molecular formula is C18H19NO6S. The second-order valence-corrected chi connectivity index (χ2v) is 7.77. The summed E-state index contributed by atoms with van der Waals surface area (Å²) in [4.78, 5) is 0.131. The van der Waals surface area contributed by atoms with Gasteiger partial charge >= 0.3 is 0 Å². The van der Waals surface area contributed by atoms with Crippen LogP contribution in [0.25, 0.3) is 0 Å². The molecule has 7 nitrogen and oxygen atoms in total. The highest BCUT2D eigenvalue weighted by Crippen LogP contribution is 2.34. The molecule has 2 aliphatic heterocycles. The van der Waals surface area contributed by atoms with Gasteiger partial charge in [-0.3, -0.25) is 0 Å². The molecule has 2 heterocycles. The molecule has 0 saturated heterocycles. The Morgan fingerprint density at radius 3 is 2.00 bits per heavy atom. The van der Waals surface area contributed by atoms with E-state index in [1.54, 1.807) is 25.1 Å². The largest absolute Gasteiger partial charge is 0.486 e. The van der Waals surface area contributed by atoms with Gasteiger partial charge in [-0.15, -0.1) is 0 Å². The van der Waals surface area contributed by atoms with Gasteiger partial charge in [-0.05, 0) is 36.8 Å². The highest BCUT2D eigenvalue weighted by atomic mass is 32.2. The van der Waals surface area contributed by atoms with Gasteiger partial charge in [0.1, 0.15) is 26.4 Å². The van der Waals surface area contributed by atoms with Crippen LogP contribution in [0.1, 0.15) is 18.5 Å². The van der Waals surface area contributed by atoms with Crippen molar-refractivity contribution < 1.29 is 27.4 Å². The van der Waals surface area contributed by atoms with Gasteiger partial charge in [-0.1, -0.05) is 6.07 Å². The Kier molecular flexibility index (Phi) is 4.37. The zero-order chi connectivity index (χ0) is 18.1. The summed E-state index contributed by atoms with van der Waals surface area (Å²) in [5.41, 5.74) is 0.787. The van der Waals surface area contributed by atoms with E-state index in [1.165, 1.54) is 12.1 Å². The quantitative estimate of drug-likeness (QED) is 0.880. The molecule has 2 aromatic carbocycles. The van der Waals surface area contributed by atoms with E-state index in [4.69, 9.17) is 18.9 Å². The lowest BCUT2D eigenvalue weighted by molar-refractivity contribution is 0.171. The molecule has 1 atom stereocenters. The van der Waals surface area contributed by atoms with E-state index in [2.05, 4.69) is 4.72 Å². The fraction of sp³-hybridized carbons (Fsp3) is 0.333. The van der Waals surface area contributed by atoms with Crippen LogP contribution in [0.5, 0.6) is 23.0 Å². The van der Waals surface area contributed by atoms with Gasteiger partial charge in [0.15, 0.2) is 23.0 Å². The maximum absolute atomic E-state index is 12.7. The van der Waals surface area contributed by atoms with Crippen molar-refractivity contribution in [1.82, 2.24) is 4.72 Å². The van der Waals surface area contributed by atoms with Crippen molar-refractivity contribution in [2.24, 2.45) is 0 Å². The van der Waals surface area contributed by atoms with E-state index in [9.17, 15) is 8.42 Å². The average molecular weight is 377 g/mol. The summed E-state index contributed by atoms with van der Waals surface area (Å²) in [6, 6.07) is 9.57. The number of rotatable bonds is 4. The molecule has 0 fully saturated rings. The van der Waals surface area contributed by atoms with Crippen LogP contribution < -0.4 is 23.7 Å². The van der Waals surface area contributed by atoms with E-state index < -0.39 is 16.1 Å². The molecule has 0 unspecified atom stereocenters. The van der Waals surface area contributed by atoms with Crippen molar-refractivity contribution in [2.75, 3.05) is 26.4 Å². The molecule has 0 spiro atoms. The van der Waals surface area contributed by atoms with Crippen molar-refractivity contribution in [1.29, 1.82) is 0 Å². The third kappa shape index (κ3) is 3.30. The van der Waals surface area contributed by atoms with Crippen LogP contribution in [0.2, 0.25) is 0 Å². The Morgan fingerprint density at radius 2 is 1.35 bits per heavy atom. The Balaban J connectivity index is 1.55. The number of fused-ring (bicyclic) bond motifs is 2. The molecular weight excluding hydrogens is 358 g/mol. The highest BCUT2D eigenvalue weighted by Gasteiger charge is 2.23. The fourth-order valence-corrected chi connectivity index (χ4v) is 4.14. The van der Waals surface area contributed by atoms with Crippen LogP contribution in [-0.4, -0.2) is 34.8 Å². The average Bonchev–Trinajstić information content (AvgIpc) is 2.67. The summed E-state index contributed by atoms with van der Waals surface area (Å²) < 4.78 is 50.1. The lowest BCUT2D eigenvalue weighted by Gasteiger charge is -2.22. The van der Waals surface area contributed by atoms with Crippen LogP contribution in [-0.2, 0) is 10.0 Å². The summed E-state index contributed by atoms with van der Waals surface area (Å²) in [6.07, 6.45) is 0. The minimum Gasteiger partial charge on any atom is -0.486 e. The minimum absolute atomic E-state index is 0.131. The molecule has 1 N–H and O–H groups in total. The number of sulfonamides is 1. The highest BCUT2D eigenvalue weighted by molar-refractivity contribution is 7.89. The molecule has 0 aliphatic carbocycles. The van der Waals surface area contributed by atoms with Gasteiger partial charge in [-0.25, -0.2) is 13.1 Å². The van der Waals surface area contributed by atoms with Gasteiger partial charge < -0.3 is 18.9 Å². The molecule has 0 aromatic heterocycles. The summed E-state index contributed by atoms with van der Waals surface area (Å²) in [5.74, 6) is 2.28. The standard InChI is InChI=1S/C18H19NO6S/c1-12(13-2-4-15-17(10-13)24-8-6-22-15)19-26(20,21)14-3-5-16-18(11-14)25-9-7-23-16/h2-5,10-12,19H,6-9H2,1H3/t12-/m1/s1. The summed E-state index contributed by atoms with van der Waals surface area (Å²) in [7, 11) is -3.72. The predicted octanol–water partition coefficient (Wildman–Crippen LogP) is 2.27. The van der Waals surface area contributed by atoms with E-state index in [1.807, 2.05) is 6.07 Å². The van der Waals surface area contributed by atoms with Crippen molar-refractivity contribution in [3.05, 3.63) is 42.0 Å². The first-order valence-electron chi connectivity index (χ1n) is 8.34. The third-order valence-corrected chi connectivity index (χ3v) is 5.76. The van der Waals surface area contributed by atoms with Gasteiger partial charge in [0.2, 0.25) is 10.0 Å². The lowest BCUT2D eigenvalue weighted by Crippen LogP contribution is -2.27. The maximum Gasteiger partial charge on any atom is 0.241 e. The molecule has 8 heteroatoms. The Labute approximate surface area is 151 Å². The van der Waals surface area contributed by atoms with Gasteiger partial charge in [-0.2, -0.15) is 0 Å². The molecule has 0 bridgehead atoms. The van der Waals surface area contributed by atoms with Crippen molar-refractivity contribution in [3.63, 3.8) is 0 Å². The number of hydrogen-bond acceptors (Lipinski definition) is 6. The summed E-state index contributed by atoms with van der Waals surface area (Å²) in [6.45, 7) is 3.63. The zero-order valence-corrected chi connectivity index (χ0v) is 15.0. The van der Waals surface area contributed by atoms with Gasteiger partial charge in [0, 0.05) is 12.1 Å². The van der Waals surface area contributed by atoms with Crippen LogP contribution in [0.15, 0.2) is 41.3 Å². The second kappa shape index (κ2) is 6.69. The maximum atomic E-state index is 12.7. The predicted molar refractivity (Wildman–Crippen MR) is 93.6 cm³/mol. The molecule has 0 amide bonds. The summed E-state index contributed by atoms with van der Waals surface area (Å²) in [5, 5.41) is 0. The Hall–Kier alpha value is -2.45. The lowest BCUT2D eigenvalue weighted by atomic mass is 10.1. The molecule has 138 valence electrons. The molecule has 0 radical (unpaired) electrons. The zero-order valence-electron chi connectivity index (χ0n) is 14.2. The minimum atomic E-state index is -3.72. The Bertz CT molecular complexity index is 927. The first-order valence-corrected chi connectivity index (χ1v) is 9.83. The summed E-state index contributed by atoms with van der Waals surface area (Å²) >= 11 is 0. The number of ether oxygens (including phenoxy) is 4. The number of hydrogen-bond donors (Lipinski definition) is 1. The Morgan fingerprint density at radius 1 is 0.808 bits per heavy atom. The van der Waals surface area contributed by atoms with Crippen LogP contribution in [0.4, 0.5) is 0 Å². The van der Waals surface area contributed by atoms with Crippen molar-refractivity contribution in [3.8, 4) is 23.0 Å². The second-order valence-electron chi connectivity index (χ2n) is 6.05. The van der Waals surface area contributed by atoms with Crippen LogP contribution in [0, 0.1) is 0 Å². The molecule has 2 aliphatic rings. The van der Waals surface area contributed by atoms with E-state index in [-0.39, 0.29) is 4.90 Å².